The lowest BCUT2D eigenvalue weighted by Gasteiger charge is -2.29. The second-order valence-corrected chi connectivity index (χ2v) is 5.65. The van der Waals surface area contributed by atoms with E-state index < -0.39 is 5.97 Å². The fourth-order valence-electron chi connectivity index (χ4n) is 2.70. The summed E-state index contributed by atoms with van der Waals surface area (Å²) in [5.74, 6) is 0.236. The zero-order valence-electron chi connectivity index (χ0n) is 13.0. The second-order valence-electron chi connectivity index (χ2n) is 5.65. The van der Waals surface area contributed by atoms with Gasteiger partial charge < -0.3 is 20.1 Å². The van der Waals surface area contributed by atoms with Crippen LogP contribution in [0, 0.1) is 12.8 Å². The summed E-state index contributed by atoms with van der Waals surface area (Å²) < 4.78 is 10.2. The van der Waals surface area contributed by atoms with Gasteiger partial charge in [-0.05, 0) is 43.4 Å². The number of anilines is 2. The van der Waals surface area contributed by atoms with Crippen LogP contribution in [0.2, 0.25) is 0 Å². The van der Waals surface area contributed by atoms with Crippen molar-refractivity contribution in [2.45, 2.75) is 19.8 Å². The van der Waals surface area contributed by atoms with E-state index in [1.807, 2.05) is 26.1 Å². The number of nitrogens with zero attached hydrogens (tertiary/aromatic N) is 1. The van der Waals surface area contributed by atoms with Gasteiger partial charge in [-0.2, -0.15) is 0 Å². The molecule has 0 bridgehead atoms. The number of benzene rings is 1. The number of nitrogen functional groups attached to an aromatic ring is 1. The molecule has 1 aliphatic rings. The Morgan fingerprint density at radius 1 is 1.43 bits per heavy atom. The second kappa shape index (κ2) is 6.80. The number of methoxy groups -OCH3 is 1. The lowest BCUT2D eigenvalue weighted by molar-refractivity contribution is 0.0602. The van der Waals surface area contributed by atoms with Crippen molar-refractivity contribution in [1.29, 1.82) is 0 Å². The summed E-state index contributed by atoms with van der Waals surface area (Å²) in [6.07, 6.45) is 2.17. The minimum Gasteiger partial charge on any atom is -0.465 e. The number of hydrogen-bond donors (Lipinski definition) is 1. The Bertz CT molecular complexity index is 510. The molecule has 0 atom stereocenters. The molecule has 5 heteroatoms. The Hall–Kier alpha value is -1.75. The average molecular weight is 292 g/mol. The van der Waals surface area contributed by atoms with Gasteiger partial charge in [-0.25, -0.2) is 4.79 Å². The van der Waals surface area contributed by atoms with E-state index >= 15 is 0 Å². The minimum absolute atomic E-state index is 0.392. The molecule has 1 heterocycles. The number of aryl methyl sites for hydroxylation is 1. The maximum atomic E-state index is 11.8. The SMILES string of the molecule is COC(=O)c1cc(N(C)CC2CCOCC2)cc(C)c1N. The molecule has 1 fully saturated rings. The number of carbonyl (C=O) groups excluding carboxylic acids is 1. The number of hydrogen-bond acceptors (Lipinski definition) is 5. The van der Waals surface area contributed by atoms with Crippen LogP contribution in [0.5, 0.6) is 0 Å². The molecule has 2 N–H and O–H groups in total. The summed E-state index contributed by atoms with van der Waals surface area (Å²) in [5, 5.41) is 0. The van der Waals surface area contributed by atoms with Crippen LogP contribution in [-0.2, 0) is 9.47 Å². The van der Waals surface area contributed by atoms with E-state index in [0.29, 0.717) is 17.2 Å². The van der Waals surface area contributed by atoms with Gasteiger partial charge in [-0.3, -0.25) is 0 Å². The standard InChI is InChI=1S/C16H24N2O3/c1-11-8-13(9-14(15(11)17)16(19)20-3)18(2)10-12-4-6-21-7-5-12/h8-9,12H,4-7,10,17H2,1-3H3. The summed E-state index contributed by atoms with van der Waals surface area (Å²) in [5.41, 5.74) is 8.79. The number of esters is 1. The fraction of sp³-hybridized carbons (Fsp3) is 0.562. The Balaban J connectivity index is 2.18. The summed E-state index contributed by atoms with van der Waals surface area (Å²) in [6, 6.07) is 3.83. The number of ether oxygens (including phenoxy) is 2. The zero-order chi connectivity index (χ0) is 15.4. The molecule has 1 aliphatic heterocycles. The van der Waals surface area contributed by atoms with Crippen LogP contribution in [0.4, 0.5) is 11.4 Å². The first-order valence-corrected chi connectivity index (χ1v) is 7.30. The van der Waals surface area contributed by atoms with Gasteiger partial charge in [0.2, 0.25) is 0 Å². The smallest absolute Gasteiger partial charge is 0.340 e. The van der Waals surface area contributed by atoms with Crippen molar-refractivity contribution in [2.24, 2.45) is 5.92 Å². The molecule has 0 amide bonds. The van der Waals surface area contributed by atoms with Crippen molar-refractivity contribution < 1.29 is 14.3 Å². The lowest BCUT2D eigenvalue weighted by Crippen LogP contribution is -2.29. The Morgan fingerprint density at radius 3 is 2.71 bits per heavy atom. The van der Waals surface area contributed by atoms with Crippen molar-refractivity contribution in [3.05, 3.63) is 23.3 Å². The zero-order valence-corrected chi connectivity index (χ0v) is 13.0. The predicted octanol–water partition coefficient (Wildman–Crippen LogP) is 2.23. The van der Waals surface area contributed by atoms with Crippen LogP contribution in [0.1, 0.15) is 28.8 Å². The molecule has 1 aromatic carbocycles. The van der Waals surface area contributed by atoms with Gasteiger partial charge in [0.15, 0.2) is 0 Å². The van der Waals surface area contributed by atoms with Crippen LogP contribution < -0.4 is 10.6 Å². The molecule has 0 unspecified atom stereocenters. The molecule has 116 valence electrons. The first-order chi connectivity index (χ1) is 10.0. The van der Waals surface area contributed by atoms with Crippen molar-refractivity contribution >= 4 is 17.3 Å². The normalized spacial score (nSPS) is 15.8. The third-order valence-electron chi connectivity index (χ3n) is 4.09. The van der Waals surface area contributed by atoms with Crippen LogP contribution in [0.3, 0.4) is 0 Å². The number of carbonyl (C=O) groups is 1. The van der Waals surface area contributed by atoms with Gasteiger partial charge in [-0.1, -0.05) is 0 Å². The minimum atomic E-state index is -0.392. The van der Waals surface area contributed by atoms with E-state index in [2.05, 4.69) is 4.90 Å². The van der Waals surface area contributed by atoms with Crippen molar-refractivity contribution in [3.8, 4) is 0 Å². The Morgan fingerprint density at radius 2 is 2.10 bits per heavy atom. The van der Waals surface area contributed by atoms with E-state index in [1.54, 1.807) is 0 Å². The largest absolute Gasteiger partial charge is 0.465 e. The monoisotopic (exact) mass is 292 g/mol. The quantitative estimate of drug-likeness (QED) is 0.681. The summed E-state index contributed by atoms with van der Waals surface area (Å²) in [7, 11) is 3.41. The van der Waals surface area contributed by atoms with E-state index in [9.17, 15) is 4.79 Å². The molecule has 5 nitrogen and oxygen atoms in total. The van der Waals surface area contributed by atoms with Crippen LogP contribution in [0.25, 0.3) is 0 Å². The van der Waals surface area contributed by atoms with E-state index in [-0.39, 0.29) is 0 Å². The van der Waals surface area contributed by atoms with Gasteiger partial charge in [0.1, 0.15) is 0 Å². The molecule has 0 aromatic heterocycles. The average Bonchev–Trinajstić information content (AvgIpc) is 2.50. The van der Waals surface area contributed by atoms with Crippen molar-refractivity contribution in [1.82, 2.24) is 0 Å². The molecule has 0 aliphatic carbocycles. The molecule has 21 heavy (non-hydrogen) atoms. The summed E-state index contributed by atoms with van der Waals surface area (Å²) in [6.45, 7) is 4.54. The van der Waals surface area contributed by atoms with Crippen molar-refractivity contribution in [3.63, 3.8) is 0 Å². The predicted molar refractivity (Wildman–Crippen MR) is 83.7 cm³/mol. The third-order valence-corrected chi connectivity index (χ3v) is 4.09. The van der Waals surface area contributed by atoms with Gasteiger partial charge in [0.25, 0.3) is 0 Å². The third kappa shape index (κ3) is 3.67. The topological polar surface area (TPSA) is 64.8 Å². The highest BCUT2D eigenvalue weighted by Crippen LogP contribution is 2.27. The summed E-state index contributed by atoms with van der Waals surface area (Å²) in [4.78, 5) is 14.0. The van der Waals surface area contributed by atoms with Crippen molar-refractivity contribution in [2.75, 3.05) is 44.5 Å². The first kappa shape index (κ1) is 15.6. The van der Waals surface area contributed by atoms with Gasteiger partial charge in [-0.15, -0.1) is 0 Å². The Kier molecular flexibility index (Phi) is 5.07. The summed E-state index contributed by atoms with van der Waals surface area (Å²) >= 11 is 0. The highest BCUT2D eigenvalue weighted by molar-refractivity contribution is 5.97. The van der Waals surface area contributed by atoms with Gasteiger partial charge >= 0.3 is 5.97 Å². The Labute approximate surface area is 126 Å². The van der Waals surface area contributed by atoms with Gasteiger partial charge in [0.05, 0.1) is 12.7 Å². The molecule has 1 saturated heterocycles. The molecule has 2 rings (SSSR count). The maximum Gasteiger partial charge on any atom is 0.340 e. The first-order valence-electron chi connectivity index (χ1n) is 7.30. The van der Waals surface area contributed by atoms with E-state index in [0.717, 1.165) is 43.9 Å². The lowest BCUT2D eigenvalue weighted by atomic mass is 9.99. The highest BCUT2D eigenvalue weighted by Gasteiger charge is 2.19. The molecule has 0 saturated carbocycles. The molecule has 0 spiro atoms. The van der Waals surface area contributed by atoms with E-state index in [1.165, 1.54) is 7.11 Å². The highest BCUT2D eigenvalue weighted by atomic mass is 16.5. The molecular formula is C16H24N2O3. The molecular weight excluding hydrogens is 268 g/mol. The molecule has 0 radical (unpaired) electrons. The maximum absolute atomic E-state index is 11.8. The number of nitrogens with two attached hydrogens (primary N) is 1. The fourth-order valence-corrected chi connectivity index (χ4v) is 2.70. The van der Waals surface area contributed by atoms with E-state index in [4.69, 9.17) is 15.2 Å². The molecule has 1 aromatic rings. The van der Waals surface area contributed by atoms with Crippen LogP contribution in [0.15, 0.2) is 12.1 Å². The van der Waals surface area contributed by atoms with Crippen LogP contribution in [-0.4, -0.2) is 39.9 Å². The van der Waals surface area contributed by atoms with Crippen LogP contribution >= 0.6 is 0 Å². The van der Waals surface area contributed by atoms with Gasteiger partial charge in [0, 0.05) is 38.2 Å². The number of rotatable bonds is 4.